The molecule has 0 heterocycles. The van der Waals surface area contributed by atoms with Crippen molar-refractivity contribution < 1.29 is 0 Å². The summed E-state index contributed by atoms with van der Waals surface area (Å²) in [7, 11) is 0. The summed E-state index contributed by atoms with van der Waals surface area (Å²) < 4.78 is 0. The molecule has 0 aliphatic carbocycles. The second-order valence-corrected chi connectivity index (χ2v) is 3.64. The highest BCUT2D eigenvalue weighted by Gasteiger charge is 2.25. The monoisotopic (exact) mass is 184 g/mol. The standard InChI is InChI=1S/C12H12N2/c1-10-3-5-11(6-4-10)12(2,9-14)7-8-13/h3-6H,7H2,1-2H3. The minimum Gasteiger partial charge on any atom is -0.198 e. The summed E-state index contributed by atoms with van der Waals surface area (Å²) >= 11 is 0. The molecular formula is C12H12N2. The Kier molecular flexibility index (Phi) is 2.89. The van der Waals surface area contributed by atoms with Gasteiger partial charge in [0.1, 0.15) is 0 Å². The third-order valence-electron chi connectivity index (χ3n) is 2.37. The van der Waals surface area contributed by atoms with Crippen LogP contribution in [0.25, 0.3) is 0 Å². The number of benzene rings is 1. The van der Waals surface area contributed by atoms with Crippen molar-refractivity contribution in [1.82, 2.24) is 0 Å². The van der Waals surface area contributed by atoms with Crippen LogP contribution in [0.15, 0.2) is 24.3 Å². The molecule has 0 spiro atoms. The molecule has 1 rings (SSSR count). The van der Waals surface area contributed by atoms with Crippen molar-refractivity contribution in [2.45, 2.75) is 25.7 Å². The smallest absolute Gasteiger partial charge is 0.0923 e. The molecule has 0 fully saturated rings. The van der Waals surface area contributed by atoms with Crippen LogP contribution in [0.1, 0.15) is 24.5 Å². The maximum atomic E-state index is 9.04. The fraction of sp³-hybridized carbons (Fsp3) is 0.333. The molecule has 14 heavy (non-hydrogen) atoms. The molecule has 1 unspecified atom stereocenters. The van der Waals surface area contributed by atoms with Crippen LogP contribution in [-0.2, 0) is 5.41 Å². The second kappa shape index (κ2) is 3.94. The Bertz CT molecular complexity index is 392. The van der Waals surface area contributed by atoms with Crippen molar-refractivity contribution in [2.75, 3.05) is 0 Å². The van der Waals surface area contributed by atoms with Crippen LogP contribution >= 0.6 is 0 Å². The zero-order valence-electron chi connectivity index (χ0n) is 8.41. The lowest BCUT2D eigenvalue weighted by Gasteiger charge is -2.18. The van der Waals surface area contributed by atoms with Gasteiger partial charge in [0, 0.05) is 0 Å². The fourth-order valence-corrected chi connectivity index (χ4v) is 1.29. The van der Waals surface area contributed by atoms with Gasteiger partial charge in [-0.25, -0.2) is 0 Å². The first-order valence-electron chi connectivity index (χ1n) is 4.48. The van der Waals surface area contributed by atoms with Gasteiger partial charge in [0.05, 0.1) is 24.0 Å². The Morgan fingerprint density at radius 3 is 2.21 bits per heavy atom. The van der Waals surface area contributed by atoms with Crippen LogP contribution in [0.4, 0.5) is 0 Å². The normalized spacial score (nSPS) is 13.7. The van der Waals surface area contributed by atoms with Gasteiger partial charge in [-0.3, -0.25) is 0 Å². The topological polar surface area (TPSA) is 47.6 Å². The molecule has 0 bridgehead atoms. The van der Waals surface area contributed by atoms with Gasteiger partial charge in [-0.1, -0.05) is 29.8 Å². The van der Waals surface area contributed by atoms with E-state index in [0.29, 0.717) is 0 Å². The summed E-state index contributed by atoms with van der Waals surface area (Å²) in [5, 5.41) is 17.7. The molecule has 0 aromatic heterocycles. The molecule has 0 N–H and O–H groups in total. The van der Waals surface area contributed by atoms with E-state index in [1.807, 2.05) is 37.3 Å². The van der Waals surface area contributed by atoms with Gasteiger partial charge in [-0.2, -0.15) is 10.5 Å². The van der Waals surface area contributed by atoms with E-state index in [4.69, 9.17) is 10.5 Å². The zero-order chi connectivity index (χ0) is 10.6. The van der Waals surface area contributed by atoms with Gasteiger partial charge >= 0.3 is 0 Å². The number of hydrogen-bond donors (Lipinski definition) is 0. The third kappa shape index (κ3) is 1.92. The summed E-state index contributed by atoms with van der Waals surface area (Å²) in [5.74, 6) is 0. The molecule has 1 aromatic carbocycles. The Hall–Kier alpha value is -1.80. The molecular weight excluding hydrogens is 172 g/mol. The van der Waals surface area contributed by atoms with E-state index in [-0.39, 0.29) is 6.42 Å². The quantitative estimate of drug-likeness (QED) is 0.709. The first-order valence-corrected chi connectivity index (χ1v) is 4.48. The van der Waals surface area contributed by atoms with Gasteiger partial charge in [0.25, 0.3) is 0 Å². The minimum absolute atomic E-state index is 0.229. The van der Waals surface area contributed by atoms with E-state index in [0.717, 1.165) is 11.1 Å². The summed E-state index contributed by atoms with van der Waals surface area (Å²) in [6.45, 7) is 3.79. The van der Waals surface area contributed by atoms with Gasteiger partial charge < -0.3 is 0 Å². The minimum atomic E-state index is -0.678. The molecule has 1 atom stereocenters. The average Bonchev–Trinajstić information content (AvgIpc) is 2.19. The highest BCUT2D eigenvalue weighted by molar-refractivity contribution is 5.34. The van der Waals surface area contributed by atoms with Crippen LogP contribution in [0.5, 0.6) is 0 Å². The number of nitrogens with zero attached hydrogens (tertiary/aromatic N) is 2. The first kappa shape index (κ1) is 10.3. The maximum absolute atomic E-state index is 9.04. The van der Waals surface area contributed by atoms with Crippen LogP contribution in [0.3, 0.4) is 0 Å². The van der Waals surface area contributed by atoms with Crippen LogP contribution < -0.4 is 0 Å². The number of nitriles is 2. The fourth-order valence-electron chi connectivity index (χ4n) is 1.29. The van der Waals surface area contributed by atoms with Crippen molar-refractivity contribution in [3.63, 3.8) is 0 Å². The molecule has 1 aromatic rings. The molecule has 0 saturated heterocycles. The van der Waals surface area contributed by atoms with Crippen molar-refractivity contribution in [2.24, 2.45) is 0 Å². The maximum Gasteiger partial charge on any atom is 0.0923 e. The Labute approximate surface area is 84.4 Å². The summed E-state index contributed by atoms with van der Waals surface area (Å²) in [6, 6.07) is 12.0. The molecule has 0 aliphatic heterocycles. The molecule has 0 saturated carbocycles. The zero-order valence-corrected chi connectivity index (χ0v) is 8.41. The number of aryl methyl sites for hydroxylation is 1. The largest absolute Gasteiger partial charge is 0.198 e. The molecule has 0 radical (unpaired) electrons. The lowest BCUT2D eigenvalue weighted by atomic mass is 9.81. The summed E-state index contributed by atoms with van der Waals surface area (Å²) in [6.07, 6.45) is 0.229. The van der Waals surface area contributed by atoms with Crippen molar-refractivity contribution in [1.29, 1.82) is 10.5 Å². The van der Waals surface area contributed by atoms with Crippen LogP contribution in [0.2, 0.25) is 0 Å². The number of hydrogen-bond acceptors (Lipinski definition) is 2. The molecule has 0 amide bonds. The Morgan fingerprint density at radius 1 is 1.21 bits per heavy atom. The van der Waals surface area contributed by atoms with Crippen molar-refractivity contribution in [3.8, 4) is 12.1 Å². The molecule has 0 aliphatic rings. The van der Waals surface area contributed by atoms with E-state index in [9.17, 15) is 0 Å². The van der Waals surface area contributed by atoms with Crippen molar-refractivity contribution >= 4 is 0 Å². The lowest BCUT2D eigenvalue weighted by molar-refractivity contribution is 0.627. The predicted molar refractivity (Wildman–Crippen MR) is 54.4 cm³/mol. The highest BCUT2D eigenvalue weighted by Crippen LogP contribution is 2.26. The van der Waals surface area contributed by atoms with Gasteiger partial charge in [0.15, 0.2) is 0 Å². The predicted octanol–water partition coefficient (Wildman–Crippen LogP) is 2.69. The van der Waals surface area contributed by atoms with Crippen LogP contribution in [-0.4, -0.2) is 0 Å². The first-order chi connectivity index (χ1) is 6.62. The van der Waals surface area contributed by atoms with Crippen LogP contribution in [0, 0.1) is 29.6 Å². The highest BCUT2D eigenvalue weighted by atomic mass is 14.4. The summed E-state index contributed by atoms with van der Waals surface area (Å²) in [4.78, 5) is 0. The SMILES string of the molecule is Cc1ccc(C(C)(C#N)CC#N)cc1. The van der Waals surface area contributed by atoms with Crippen molar-refractivity contribution in [3.05, 3.63) is 35.4 Å². The lowest BCUT2D eigenvalue weighted by Crippen LogP contribution is -2.18. The van der Waals surface area contributed by atoms with Gasteiger partial charge in [-0.15, -0.1) is 0 Å². The van der Waals surface area contributed by atoms with E-state index < -0.39 is 5.41 Å². The van der Waals surface area contributed by atoms with E-state index in [1.165, 1.54) is 0 Å². The Balaban J connectivity index is 3.09. The van der Waals surface area contributed by atoms with E-state index >= 15 is 0 Å². The molecule has 2 heteroatoms. The average molecular weight is 184 g/mol. The third-order valence-corrected chi connectivity index (χ3v) is 2.37. The molecule has 2 nitrogen and oxygen atoms in total. The number of rotatable bonds is 2. The second-order valence-electron chi connectivity index (χ2n) is 3.64. The summed E-state index contributed by atoms with van der Waals surface area (Å²) in [5.41, 5.74) is 1.39. The van der Waals surface area contributed by atoms with E-state index in [1.54, 1.807) is 6.92 Å². The Morgan fingerprint density at radius 2 is 1.79 bits per heavy atom. The van der Waals surface area contributed by atoms with E-state index in [2.05, 4.69) is 6.07 Å². The van der Waals surface area contributed by atoms with Gasteiger partial charge in [0.2, 0.25) is 0 Å². The molecule has 70 valence electrons. The van der Waals surface area contributed by atoms with Gasteiger partial charge in [-0.05, 0) is 19.4 Å².